The molecule has 5 heteroatoms. The van der Waals surface area contributed by atoms with Gasteiger partial charge in [-0.15, -0.1) is 0 Å². The van der Waals surface area contributed by atoms with Gasteiger partial charge in [0.1, 0.15) is 5.75 Å². The summed E-state index contributed by atoms with van der Waals surface area (Å²) in [6.45, 7) is 1.69. The van der Waals surface area contributed by atoms with E-state index in [1.54, 1.807) is 13.1 Å². The lowest BCUT2D eigenvalue weighted by atomic mass is 10.1. The van der Waals surface area contributed by atoms with Crippen LogP contribution in [0.25, 0.3) is 10.8 Å². The zero-order chi connectivity index (χ0) is 17.6. The summed E-state index contributed by atoms with van der Waals surface area (Å²) >= 11 is 3.43. The first-order chi connectivity index (χ1) is 12.1. The van der Waals surface area contributed by atoms with Crippen LogP contribution >= 0.6 is 15.9 Å². The van der Waals surface area contributed by atoms with Crippen LogP contribution in [0.1, 0.15) is 12.5 Å². The fraction of sp³-hybridized carbons (Fsp3) is 0.100. The van der Waals surface area contributed by atoms with Gasteiger partial charge in [0.15, 0.2) is 6.10 Å². The highest BCUT2D eigenvalue weighted by molar-refractivity contribution is 9.10. The third-order valence-electron chi connectivity index (χ3n) is 3.69. The van der Waals surface area contributed by atoms with Crippen molar-refractivity contribution in [2.75, 3.05) is 0 Å². The number of halogens is 1. The monoisotopic (exact) mass is 396 g/mol. The molecule has 0 aliphatic rings. The van der Waals surface area contributed by atoms with Gasteiger partial charge in [0.25, 0.3) is 5.91 Å². The van der Waals surface area contributed by atoms with Crippen LogP contribution in [0.2, 0.25) is 0 Å². The van der Waals surface area contributed by atoms with E-state index < -0.39 is 6.10 Å². The van der Waals surface area contributed by atoms with Crippen molar-refractivity contribution >= 4 is 38.8 Å². The van der Waals surface area contributed by atoms with Crippen LogP contribution in [0.3, 0.4) is 0 Å². The second kappa shape index (κ2) is 7.94. The fourth-order valence-electron chi connectivity index (χ4n) is 2.33. The number of ether oxygens (including phenoxy) is 1. The van der Waals surface area contributed by atoms with Gasteiger partial charge in [0, 0.05) is 10.0 Å². The zero-order valence-corrected chi connectivity index (χ0v) is 15.2. The Bertz CT molecular complexity index is 924. The third kappa shape index (κ3) is 4.45. The lowest BCUT2D eigenvalue weighted by Gasteiger charge is -2.13. The molecule has 0 radical (unpaired) electrons. The number of fused-ring (bicyclic) bond motifs is 1. The molecule has 0 fully saturated rings. The molecule has 0 spiro atoms. The molecular formula is C20H17BrN2O2. The Balaban J connectivity index is 1.61. The predicted molar refractivity (Wildman–Crippen MR) is 104 cm³/mol. The molecule has 3 aromatic rings. The minimum Gasteiger partial charge on any atom is -0.481 e. The maximum atomic E-state index is 12.1. The molecule has 0 saturated carbocycles. The normalized spacial score (nSPS) is 12.2. The summed E-state index contributed by atoms with van der Waals surface area (Å²) in [7, 11) is 0. The smallest absolute Gasteiger partial charge is 0.280 e. The maximum absolute atomic E-state index is 12.1. The lowest BCUT2D eigenvalue weighted by Crippen LogP contribution is -2.33. The standard InChI is InChI=1S/C20H17BrN2O2/c1-14(20(24)23-22-13-17-8-4-5-9-19(17)21)25-18-11-10-15-6-2-3-7-16(15)12-18/h2-14H,1H3,(H,23,24)/b22-13-/t14-/m1/s1. The molecule has 4 nitrogen and oxygen atoms in total. The minimum absolute atomic E-state index is 0.309. The van der Waals surface area contributed by atoms with Crippen LogP contribution in [0.4, 0.5) is 0 Å². The van der Waals surface area contributed by atoms with E-state index in [1.165, 1.54) is 0 Å². The molecule has 0 aromatic heterocycles. The number of nitrogens with zero attached hydrogens (tertiary/aromatic N) is 1. The summed E-state index contributed by atoms with van der Waals surface area (Å²) < 4.78 is 6.63. The number of benzene rings is 3. The Hall–Kier alpha value is -2.66. The molecule has 0 aliphatic heterocycles. The van der Waals surface area contributed by atoms with Crippen molar-refractivity contribution in [2.24, 2.45) is 5.10 Å². The molecule has 1 amide bonds. The van der Waals surface area contributed by atoms with Crippen LogP contribution in [-0.2, 0) is 4.79 Å². The molecule has 1 atom stereocenters. The molecule has 0 saturated heterocycles. The number of nitrogens with one attached hydrogen (secondary N) is 1. The highest BCUT2D eigenvalue weighted by Crippen LogP contribution is 2.21. The van der Waals surface area contributed by atoms with Crippen molar-refractivity contribution in [2.45, 2.75) is 13.0 Å². The second-order valence-corrected chi connectivity index (χ2v) is 6.38. The number of amides is 1. The van der Waals surface area contributed by atoms with E-state index in [9.17, 15) is 4.79 Å². The Labute approximate surface area is 154 Å². The van der Waals surface area contributed by atoms with Gasteiger partial charge in [0.05, 0.1) is 6.21 Å². The Kier molecular flexibility index (Phi) is 5.46. The van der Waals surface area contributed by atoms with Crippen molar-refractivity contribution in [1.82, 2.24) is 5.43 Å². The molecule has 126 valence electrons. The number of carbonyl (C=O) groups excluding carboxylic acids is 1. The predicted octanol–water partition coefficient (Wildman–Crippen LogP) is 4.52. The van der Waals surface area contributed by atoms with E-state index in [0.717, 1.165) is 20.8 Å². The Morgan fingerprint density at radius 3 is 2.60 bits per heavy atom. The van der Waals surface area contributed by atoms with Crippen LogP contribution in [0.15, 0.2) is 76.3 Å². The van der Waals surface area contributed by atoms with Crippen molar-refractivity contribution in [3.8, 4) is 5.75 Å². The molecule has 0 aliphatic carbocycles. The van der Waals surface area contributed by atoms with Crippen molar-refractivity contribution in [3.05, 3.63) is 76.8 Å². The van der Waals surface area contributed by atoms with E-state index in [-0.39, 0.29) is 5.91 Å². The first kappa shape index (κ1) is 17.2. The van der Waals surface area contributed by atoms with Crippen LogP contribution in [-0.4, -0.2) is 18.2 Å². The van der Waals surface area contributed by atoms with E-state index >= 15 is 0 Å². The Morgan fingerprint density at radius 1 is 1.08 bits per heavy atom. The van der Waals surface area contributed by atoms with Gasteiger partial charge >= 0.3 is 0 Å². The summed E-state index contributed by atoms with van der Waals surface area (Å²) in [5.41, 5.74) is 3.38. The van der Waals surface area contributed by atoms with Gasteiger partial charge in [0.2, 0.25) is 0 Å². The minimum atomic E-state index is -0.655. The van der Waals surface area contributed by atoms with Crippen molar-refractivity contribution < 1.29 is 9.53 Å². The average Bonchev–Trinajstić information content (AvgIpc) is 2.63. The first-order valence-electron chi connectivity index (χ1n) is 7.86. The largest absolute Gasteiger partial charge is 0.481 e. The molecule has 0 unspecified atom stereocenters. The van der Waals surface area contributed by atoms with Gasteiger partial charge in [-0.2, -0.15) is 5.10 Å². The molecule has 0 bridgehead atoms. The SMILES string of the molecule is C[C@@H](Oc1ccc2ccccc2c1)C(=O)N/N=C\c1ccccc1Br. The van der Waals surface area contributed by atoms with E-state index in [2.05, 4.69) is 26.5 Å². The first-order valence-corrected chi connectivity index (χ1v) is 8.66. The van der Waals surface area contributed by atoms with Crippen molar-refractivity contribution in [1.29, 1.82) is 0 Å². The van der Waals surface area contributed by atoms with Crippen LogP contribution < -0.4 is 10.2 Å². The average molecular weight is 397 g/mol. The van der Waals surface area contributed by atoms with Gasteiger partial charge < -0.3 is 4.74 Å². The highest BCUT2D eigenvalue weighted by atomic mass is 79.9. The van der Waals surface area contributed by atoms with Gasteiger partial charge in [-0.1, -0.05) is 64.5 Å². The maximum Gasteiger partial charge on any atom is 0.280 e. The molecule has 3 aromatic carbocycles. The topological polar surface area (TPSA) is 50.7 Å². The van der Waals surface area contributed by atoms with Crippen LogP contribution in [0, 0.1) is 0 Å². The molecule has 1 N–H and O–H groups in total. The number of hydrogen-bond donors (Lipinski definition) is 1. The summed E-state index contributed by atoms with van der Waals surface area (Å²) in [4.78, 5) is 12.1. The summed E-state index contributed by atoms with van der Waals surface area (Å²) in [5, 5.41) is 6.18. The number of hydrazone groups is 1. The van der Waals surface area contributed by atoms with E-state index in [4.69, 9.17) is 4.74 Å². The van der Waals surface area contributed by atoms with Crippen molar-refractivity contribution in [3.63, 3.8) is 0 Å². The van der Waals surface area contributed by atoms with Crippen LogP contribution in [0.5, 0.6) is 5.75 Å². The van der Waals surface area contributed by atoms with E-state index in [1.807, 2.05) is 66.7 Å². The number of carbonyl (C=O) groups is 1. The van der Waals surface area contributed by atoms with Gasteiger partial charge in [-0.05, 0) is 35.9 Å². The summed E-state index contributed by atoms with van der Waals surface area (Å²) in [6, 6.07) is 21.4. The second-order valence-electron chi connectivity index (χ2n) is 5.52. The molecular weight excluding hydrogens is 380 g/mol. The van der Waals surface area contributed by atoms with Gasteiger partial charge in [-0.3, -0.25) is 4.79 Å². The molecule has 25 heavy (non-hydrogen) atoms. The summed E-state index contributed by atoms with van der Waals surface area (Å²) in [5.74, 6) is 0.340. The third-order valence-corrected chi connectivity index (χ3v) is 4.41. The molecule has 0 heterocycles. The highest BCUT2D eigenvalue weighted by Gasteiger charge is 2.14. The Morgan fingerprint density at radius 2 is 1.80 bits per heavy atom. The number of rotatable bonds is 5. The summed E-state index contributed by atoms with van der Waals surface area (Å²) in [6.07, 6.45) is 0.933. The quantitative estimate of drug-likeness (QED) is 0.509. The molecule has 3 rings (SSSR count). The van der Waals surface area contributed by atoms with Gasteiger partial charge in [-0.25, -0.2) is 5.43 Å². The fourth-order valence-corrected chi connectivity index (χ4v) is 2.72. The number of hydrogen-bond acceptors (Lipinski definition) is 3. The van der Waals surface area contributed by atoms with E-state index in [0.29, 0.717) is 5.75 Å². The zero-order valence-electron chi connectivity index (χ0n) is 13.6. The lowest BCUT2D eigenvalue weighted by molar-refractivity contribution is -0.127.